The van der Waals surface area contributed by atoms with E-state index in [1.165, 1.54) is 0 Å². The third kappa shape index (κ3) is 2.85. The smallest absolute Gasteiger partial charge is 0.236 e. The van der Waals surface area contributed by atoms with E-state index in [2.05, 4.69) is 10.4 Å². The van der Waals surface area contributed by atoms with Crippen molar-refractivity contribution in [1.82, 2.24) is 20.0 Å². The second-order valence-corrected chi connectivity index (χ2v) is 4.57. The van der Waals surface area contributed by atoms with Crippen LogP contribution in [0, 0.1) is 6.92 Å². The molecule has 1 aliphatic heterocycles. The summed E-state index contributed by atoms with van der Waals surface area (Å²) in [6.07, 6.45) is 4.14. The van der Waals surface area contributed by atoms with Crippen LogP contribution in [0.5, 0.6) is 0 Å². The summed E-state index contributed by atoms with van der Waals surface area (Å²) in [7, 11) is 1.92. The van der Waals surface area contributed by atoms with Crippen molar-refractivity contribution >= 4 is 5.91 Å². The van der Waals surface area contributed by atoms with E-state index in [1.807, 2.05) is 29.7 Å². The number of likely N-dealkylation sites (tertiary alicyclic amines) is 1. The lowest BCUT2D eigenvalue weighted by molar-refractivity contribution is -0.129. The molecule has 5 heteroatoms. The molecule has 0 radical (unpaired) electrons. The van der Waals surface area contributed by atoms with E-state index in [9.17, 15) is 4.79 Å². The van der Waals surface area contributed by atoms with Gasteiger partial charge in [-0.1, -0.05) is 0 Å². The Hall–Kier alpha value is -1.36. The fraction of sp³-hybridized carbons (Fsp3) is 0.667. The molecule has 1 amide bonds. The zero-order valence-electron chi connectivity index (χ0n) is 10.6. The first-order chi connectivity index (χ1) is 8.18. The van der Waals surface area contributed by atoms with Gasteiger partial charge in [-0.25, -0.2) is 0 Å². The molecule has 2 rings (SSSR count). The summed E-state index contributed by atoms with van der Waals surface area (Å²) in [5, 5.41) is 7.36. The normalized spacial score (nSPS) is 15.5. The molecule has 1 aromatic heterocycles. The van der Waals surface area contributed by atoms with Crippen LogP contribution in [0.4, 0.5) is 0 Å². The van der Waals surface area contributed by atoms with E-state index >= 15 is 0 Å². The third-order valence-corrected chi connectivity index (χ3v) is 3.39. The summed E-state index contributed by atoms with van der Waals surface area (Å²) in [6.45, 7) is 5.01. The van der Waals surface area contributed by atoms with Gasteiger partial charge in [-0.2, -0.15) is 5.10 Å². The van der Waals surface area contributed by atoms with Crippen molar-refractivity contribution in [3.05, 3.63) is 17.5 Å². The van der Waals surface area contributed by atoms with Gasteiger partial charge in [0.2, 0.25) is 5.91 Å². The van der Waals surface area contributed by atoms with Gasteiger partial charge >= 0.3 is 0 Å². The summed E-state index contributed by atoms with van der Waals surface area (Å²) >= 11 is 0. The molecule has 1 fully saturated rings. The number of hydrogen-bond donors (Lipinski definition) is 1. The Morgan fingerprint density at radius 1 is 1.47 bits per heavy atom. The molecule has 0 atom stereocenters. The van der Waals surface area contributed by atoms with Gasteiger partial charge in [0.1, 0.15) is 0 Å². The van der Waals surface area contributed by atoms with Gasteiger partial charge in [-0.15, -0.1) is 0 Å². The first-order valence-electron chi connectivity index (χ1n) is 6.14. The summed E-state index contributed by atoms with van der Waals surface area (Å²) < 4.78 is 1.85. The fourth-order valence-corrected chi connectivity index (χ4v) is 2.10. The molecule has 17 heavy (non-hydrogen) atoms. The van der Waals surface area contributed by atoms with E-state index in [0.29, 0.717) is 13.1 Å². The summed E-state index contributed by atoms with van der Waals surface area (Å²) in [5.41, 5.74) is 2.30. The first kappa shape index (κ1) is 12.1. The average Bonchev–Trinajstić information content (AvgIpc) is 2.93. The van der Waals surface area contributed by atoms with Crippen LogP contribution in [0.2, 0.25) is 0 Å². The van der Waals surface area contributed by atoms with Gasteiger partial charge < -0.3 is 10.2 Å². The quantitative estimate of drug-likeness (QED) is 0.825. The van der Waals surface area contributed by atoms with Crippen LogP contribution >= 0.6 is 0 Å². The highest BCUT2D eigenvalue weighted by Crippen LogP contribution is 2.07. The van der Waals surface area contributed by atoms with Crippen LogP contribution in [0.15, 0.2) is 6.20 Å². The molecule has 5 nitrogen and oxygen atoms in total. The van der Waals surface area contributed by atoms with Gasteiger partial charge in [-0.3, -0.25) is 9.48 Å². The Morgan fingerprint density at radius 3 is 2.76 bits per heavy atom. The number of nitrogens with zero attached hydrogens (tertiary/aromatic N) is 3. The molecule has 0 spiro atoms. The second kappa shape index (κ2) is 5.31. The number of rotatable bonds is 4. The van der Waals surface area contributed by atoms with Crippen LogP contribution in [0.1, 0.15) is 24.1 Å². The van der Waals surface area contributed by atoms with Crippen molar-refractivity contribution in [3.63, 3.8) is 0 Å². The molecule has 1 aliphatic rings. The van der Waals surface area contributed by atoms with Crippen molar-refractivity contribution < 1.29 is 4.79 Å². The minimum Gasteiger partial charge on any atom is -0.342 e. The average molecular weight is 236 g/mol. The Balaban J connectivity index is 1.75. The first-order valence-corrected chi connectivity index (χ1v) is 6.14. The highest BCUT2D eigenvalue weighted by molar-refractivity contribution is 5.78. The van der Waals surface area contributed by atoms with Gasteiger partial charge in [0.15, 0.2) is 0 Å². The van der Waals surface area contributed by atoms with Crippen LogP contribution in [-0.2, 0) is 18.4 Å². The minimum atomic E-state index is 0.212. The second-order valence-electron chi connectivity index (χ2n) is 4.57. The number of amides is 1. The number of aryl methyl sites for hydroxylation is 1. The molecular weight excluding hydrogens is 216 g/mol. The van der Waals surface area contributed by atoms with Gasteiger partial charge in [0.25, 0.3) is 0 Å². The maximum atomic E-state index is 11.8. The predicted molar refractivity (Wildman–Crippen MR) is 65.5 cm³/mol. The molecule has 94 valence electrons. The SMILES string of the molecule is Cc1c(CNCC(=O)N2CCCC2)cnn1C. The van der Waals surface area contributed by atoms with Crippen LogP contribution in [0.25, 0.3) is 0 Å². The summed E-state index contributed by atoms with van der Waals surface area (Å²) in [6, 6.07) is 0. The number of hydrogen-bond acceptors (Lipinski definition) is 3. The van der Waals surface area contributed by atoms with Crippen LogP contribution in [-0.4, -0.2) is 40.2 Å². The lowest BCUT2D eigenvalue weighted by Crippen LogP contribution is -2.36. The van der Waals surface area contributed by atoms with Gasteiger partial charge in [0.05, 0.1) is 12.7 Å². The van der Waals surface area contributed by atoms with Crippen LogP contribution in [0.3, 0.4) is 0 Å². The zero-order chi connectivity index (χ0) is 12.3. The highest BCUT2D eigenvalue weighted by Gasteiger charge is 2.17. The Morgan fingerprint density at radius 2 is 2.18 bits per heavy atom. The van der Waals surface area contributed by atoms with E-state index in [4.69, 9.17) is 0 Å². The molecular formula is C12H20N4O. The number of aromatic nitrogens is 2. The van der Waals surface area contributed by atoms with Gasteiger partial charge in [-0.05, 0) is 19.8 Å². The van der Waals surface area contributed by atoms with Crippen molar-refractivity contribution in [1.29, 1.82) is 0 Å². The topological polar surface area (TPSA) is 50.2 Å². The molecule has 0 bridgehead atoms. The molecule has 2 heterocycles. The number of carbonyl (C=O) groups excluding carboxylic acids is 1. The molecule has 0 saturated carbocycles. The largest absolute Gasteiger partial charge is 0.342 e. The minimum absolute atomic E-state index is 0.212. The Bertz CT molecular complexity index is 393. The lowest BCUT2D eigenvalue weighted by atomic mass is 10.2. The van der Waals surface area contributed by atoms with Crippen molar-refractivity contribution in [2.75, 3.05) is 19.6 Å². The van der Waals surface area contributed by atoms with Crippen molar-refractivity contribution in [3.8, 4) is 0 Å². The lowest BCUT2D eigenvalue weighted by Gasteiger charge is -2.15. The molecule has 0 aliphatic carbocycles. The summed E-state index contributed by atoms with van der Waals surface area (Å²) in [5.74, 6) is 0.212. The molecule has 1 N–H and O–H groups in total. The molecule has 0 aromatic carbocycles. The van der Waals surface area contributed by atoms with Gasteiger partial charge in [0, 0.05) is 37.9 Å². The number of carbonyl (C=O) groups is 1. The Labute approximate surface area is 102 Å². The highest BCUT2D eigenvalue weighted by atomic mass is 16.2. The summed E-state index contributed by atoms with van der Waals surface area (Å²) in [4.78, 5) is 13.7. The van der Waals surface area contributed by atoms with E-state index in [1.54, 1.807) is 0 Å². The standard InChI is InChI=1S/C12H20N4O/c1-10-11(8-14-15(10)2)7-13-9-12(17)16-5-3-4-6-16/h8,13H,3-7,9H2,1-2H3. The maximum Gasteiger partial charge on any atom is 0.236 e. The molecule has 1 aromatic rings. The monoisotopic (exact) mass is 236 g/mol. The number of nitrogens with one attached hydrogen (secondary N) is 1. The van der Waals surface area contributed by atoms with Crippen LogP contribution < -0.4 is 5.32 Å². The van der Waals surface area contributed by atoms with Crippen molar-refractivity contribution in [2.24, 2.45) is 7.05 Å². The van der Waals surface area contributed by atoms with E-state index < -0.39 is 0 Å². The fourth-order valence-electron chi connectivity index (χ4n) is 2.10. The molecule has 1 saturated heterocycles. The Kier molecular flexibility index (Phi) is 3.78. The van der Waals surface area contributed by atoms with E-state index in [0.717, 1.165) is 37.2 Å². The maximum absolute atomic E-state index is 11.8. The van der Waals surface area contributed by atoms with E-state index in [-0.39, 0.29) is 5.91 Å². The van der Waals surface area contributed by atoms with Crippen molar-refractivity contribution in [2.45, 2.75) is 26.3 Å². The molecule has 0 unspecified atom stereocenters. The third-order valence-electron chi connectivity index (χ3n) is 3.39. The zero-order valence-corrected chi connectivity index (χ0v) is 10.6. The predicted octanol–water partition coefficient (Wildman–Crippen LogP) is 0.441.